The van der Waals surface area contributed by atoms with Gasteiger partial charge in [-0.05, 0) is 44.2 Å². The zero-order chi connectivity index (χ0) is 17.2. The van der Waals surface area contributed by atoms with Gasteiger partial charge in [-0.15, -0.1) is 5.06 Å². The number of hydrogen-bond donors (Lipinski definition) is 0. The fraction of sp³-hybridized carbons (Fsp3) is 0.500. The number of rotatable bonds is 4. The maximum Gasteiger partial charge on any atom is 0.332 e. The van der Waals surface area contributed by atoms with Crippen molar-refractivity contribution in [2.24, 2.45) is 4.99 Å². The van der Waals surface area contributed by atoms with Gasteiger partial charge in [-0.2, -0.15) is 0 Å². The molecule has 3 rings (SSSR count). The van der Waals surface area contributed by atoms with E-state index in [1.54, 1.807) is 24.3 Å². The number of hydrogen-bond acceptors (Lipinski definition) is 4. The van der Waals surface area contributed by atoms with Crippen molar-refractivity contribution < 1.29 is 14.4 Å². The van der Waals surface area contributed by atoms with Gasteiger partial charge in [0.05, 0.1) is 0 Å². The molecule has 0 bridgehead atoms. The summed E-state index contributed by atoms with van der Waals surface area (Å²) in [5.41, 5.74) is 0.228. The summed E-state index contributed by atoms with van der Waals surface area (Å²) in [5.74, 6) is -0.748. The van der Waals surface area contributed by atoms with E-state index in [0.717, 1.165) is 19.3 Å². The highest BCUT2D eigenvalue weighted by atomic mass is 35.5. The molecule has 0 N–H and O–H groups in total. The summed E-state index contributed by atoms with van der Waals surface area (Å²) in [6, 6.07) is 7.05. The van der Waals surface area contributed by atoms with Gasteiger partial charge in [0.15, 0.2) is 5.66 Å². The average Bonchev–Trinajstić information content (AvgIpc) is 2.82. The molecule has 1 aliphatic heterocycles. The van der Waals surface area contributed by atoms with Crippen LogP contribution in [0.4, 0.5) is 0 Å². The summed E-state index contributed by atoms with van der Waals surface area (Å²) in [4.78, 5) is 35.0. The monoisotopic (exact) mass is 348 g/mol. The SMILES string of the molecule is CCCC(=O)ON1C(=O)C(c2cccc(Cl)c2)=NC12CCCCC2. The fourth-order valence-electron chi connectivity index (χ4n) is 3.32. The number of nitrogens with zero attached hydrogens (tertiary/aromatic N) is 2. The highest BCUT2D eigenvalue weighted by Crippen LogP contribution is 2.40. The van der Waals surface area contributed by atoms with Crippen molar-refractivity contribution in [2.45, 2.75) is 57.5 Å². The lowest BCUT2D eigenvalue weighted by Crippen LogP contribution is -2.49. The van der Waals surface area contributed by atoms with Crippen LogP contribution in [-0.2, 0) is 14.4 Å². The lowest BCUT2D eigenvalue weighted by Gasteiger charge is -2.36. The van der Waals surface area contributed by atoms with E-state index in [1.807, 2.05) is 6.92 Å². The number of halogens is 1. The molecule has 1 saturated carbocycles. The third-order valence-corrected chi connectivity index (χ3v) is 4.72. The van der Waals surface area contributed by atoms with Gasteiger partial charge in [-0.1, -0.05) is 37.1 Å². The van der Waals surface area contributed by atoms with Gasteiger partial charge in [0.2, 0.25) is 0 Å². The molecule has 1 aromatic rings. The molecule has 1 heterocycles. The second-order valence-electron chi connectivity index (χ2n) is 6.33. The Hall–Kier alpha value is -1.88. The molecule has 1 spiro atoms. The lowest BCUT2D eigenvalue weighted by atomic mass is 9.90. The van der Waals surface area contributed by atoms with Crippen molar-refractivity contribution in [3.63, 3.8) is 0 Å². The van der Waals surface area contributed by atoms with Crippen molar-refractivity contribution in [2.75, 3.05) is 0 Å². The highest BCUT2D eigenvalue weighted by Gasteiger charge is 2.50. The van der Waals surface area contributed by atoms with E-state index in [1.165, 1.54) is 5.06 Å². The molecule has 2 aliphatic rings. The first kappa shape index (κ1) is 17.0. The highest BCUT2D eigenvalue weighted by molar-refractivity contribution is 6.47. The zero-order valence-corrected chi connectivity index (χ0v) is 14.5. The Balaban J connectivity index is 1.95. The molecule has 1 fully saturated rings. The van der Waals surface area contributed by atoms with E-state index < -0.39 is 11.6 Å². The van der Waals surface area contributed by atoms with Crippen LogP contribution >= 0.6 is 11.6 Å². The largest absolute Gasteiger partial charge is 0.335 e. The van der Waals surface area contributed by atoms with E-state index >= 15 is 0 Å². The molecule has 6 heteroatoms. The predicted molar refractivity (Wildman–Crippen MR) is 91.7 cm³/mol. The minimum atomic E-state index is -0.754. The molecular weight excluding hydrogens is 328 g/mol. The van der Waals surface area contributed by atoms with Crippen LogP contribution in [0.1, 0.15) is 57.4 Å². The Morgan fingerprint density at radius 3 is 2.75 bits per heavy atom. The van der Waals surface area contributed by atoms with E-state index in [0.29, 0.717) is 35.6 Å². The second kappa shape index (κ2) is 6.93. The van der Waals surface area contributed by atoms with Crippen molar-refractivity contribution in [1.82, 2.24) is 5.06 Å². The van der Waals surface area contributed by atoms with Gasteiger partial charge in [0.25, 0.3) is 0 Å². The molecule has 0 atom stereocenters. The summed E-state index contributed by atoms with van der Waals surface area (Å²) in [5, 5.41) is 1.77. The van der Waals surface area contributed by atoms with Crippen LogP contribution in [0.15, 0.2) is 29.3 Å². The van der Waals surface area contributed by atoms with Crippen molar-refractivity contribution in [1.29, 1.82) is 0 Å². The van der Waals surface area contributed by atoms with Gasteiger partial charge in [-0.25, -0.2) is 9.79 Å². The van der Waals surface area contributed by atoms with Gasteiger partial charge in [0, 0.05) is 17.0 Å². The van der Waals surface area contributed by atoms with Crippen LogP contribution < -0.4 is 0 Å². The molecule has 1 aromatic carbocycles. The summed E-state index contributed by atoms with van der Waals surface area (Å²) in [6.45, 7) is 1.90. The molecule has 1 amide bonds. The second-order valence-corrected chi connectivity index (χ2v) is 6.76. The Morgan fingerprint density at radius 2 is 2.08 bits per heavy atom. The van der Waals surface area contributed by atoms with Gasteiger partial charge >= 0.3 is 11.9 Å². The van der Waals surface area contributed by atoms with Gasteiger partial charge in [-0.3, -0.25) is 4.79 Å². The maximum absolute atomic E-state index is 12.9. The molecule has 5 nitrogen and oxygen atoms in total. The number of aliphatic imine (C=N–C) groups is 1. The predicted octanol–water partition coefficient (Wildman–Crippen LogP) is 3.89. The van der Waals surface area contributed by atoms with Crippen LogP contribution in [0.25, 0.3) is 0 Å². The standard InChI is InChI=1S/C18H21ClN2O3/c1-2-7-15(22)24-21-17(23)16(13-8-6-9-14(19)12-13)20-18(21)10-4-3-5-11-18/h6,8-9,12H,2-5,7,10-11H2,1H3. The Bertz CT molecular complexity index is 681. The van der Waals surface area contributed by atoms with E-state index in [9.17, 15) is 9.59 Å². The normalized spacial score (nSPS) is 19.5. The van der Waals surface area contributed by atoms with E-state index in [2.05, 4.69) is 0 Å². The molecule has 0 unspecified atom stereocenters. The maximum atomic E-state index is 12.9. The molecule has 24 heavy (non-hydrogen) atoms. The summed E-state index contributed by atoms with van der Waals surface area (Å²) in [7, 11) is 0. The number of carbonyl (C=O) groups excluding carboxylic acids is 2. The van der Waals surface area contributed by atoms with Crippen LogP contribution in [0, 0.1) is 0 Å². The number of carbonyl (C=O) groups is 2. The first-order valence-corrected chi connectivity index (χ1v) is 8.85. The Labute approximate surface area is 146 Å². The van der Waals surface area contributed by atoms with Crippen LogP contribution in [0.2, 0.25) is 5.02 Å². The van der Waals surface area contributed by atoms with E-state index in [-0.39, 0.29) is 12.3 Å². The zero-order valence-electron chi connectivity index (χ0n) is 13.8. The smallest absolute Gasteiger partial charge is 0.332 e. The first-order valence-electron chi connectivity index (χ1n) is 8.47. The lowest BCUT2D eigenvalue weighted by molar-refractivity contribution is -0.218. The van der Waals surface area contributed by atoms with Crippen molar-refractivity contribution in [3.8, 4) is 0 Å². The average molecular weight is 349 g/mol. The van der Waals surface area contributed by atoms with Gasteiger partial charge in [0.1, 0.15) is 5.71 Å². The minimum Gasteiger partial charge on any atom is -0.335 e. The molecule has 0 aromatic heterocycles. The molecule has 128 valence electrons. The fourth-order valence-corrected chi connectivity index (χ4v) is 3.51. The Morgan fingerprint density at radius 1 is 1.33 bits per heavy atom. The Kier molecular flexibility index (Phi) is 4.90. The van der Waals surface area contributed by atoms with Crippen LogP contribution in [0.3, 0.4) is 0 Å². The first-order chi connectivity index (χ1) is 11.6. The van der Waals surface area contributed by atoms with Crippen molar-refractivity contribution in [3.05, 3.63) is 34.9 Å². The molecule has 1 aliphatic carbocycles. The minimum absolute atomic E-state index is 0.284. The van der Waals surface area contributed by atoms with Crippen molar-refractivity contribution >= 4 is 29.2 Å². The third-order valence-electron chi connectivity index (χ3n) is 4.48. The quantitative estimate of drug-likeness (QED) is 0.829. The molecular formula is C18H21ClN2O3. The molecule has 0 saturated heterocycles. The summed E-state index contributed by atoms with van der Waals surface area (Å²) < 4.78 is 0. The third kappa shape index (κ3) is 3.18. The number of benzene rings is 1. The molecule has 0 radical (unpaired) electrons. The van der Waals surface area contributed by atoms with Crippen LogP contribution in [-0.4, -0.2) is 28.3 Å². The summed E-state index contributed by atoms with van der Waals surface area (Å²) in [6.07, 6.45) is 5.41. The van der Waals surface area contributed by atoms with Crippen LogP contribution in [0.5, 0.6) is 0 Å². The summed E-state index contributed by atoms with van der Waals surface area (Å²) >= 11 is 6.04. The number of hydroxylamine groups is 2. The number of amides is 1. The topological polar surface area (TPSA) is 59.0 Å². The van der Waals surface area contributed by atoms with Gasteiger partial charge < -0.3 is 4.84 Å². The van der Waals surface area contributed by atoms with E-state index in [4.69, 9.17) is 21.4 Å².